The molecule has 94 valence electrons. The first-order valence-electron chi connectivity index (χ1n) is 5.19. The zero-order valence-corrected chi connectivity index (χ0v) is 10.2. The second kappa shape index (κ2) is 5.43. The van der Waals surface area contributed by atoms with Crippen molar-refractivity contribution in [2.45, 2.75) is 35.1 Å². The monoisotopic (exact) mass is 268 g/mol. The fourth-order valence-corrected chi connectivity index (χ4v) is 4.95. The van der Waals surface area contributed by atoms with Gasteiger partial charge in [0.2, 0.25) is 0 Å². The van der Waals surface area contributed by atoms with Crippen molar-refractivity contribution in [1.82, 2.24) is 0 Å². The smallest absolute Gasteiger partial charge is 0.111 e. The molecule has 4 N–H and O–H groups in total. The highest BCUT2D eigenvalue weighted by Crippen LogP contribution is 2.39. The van der Waals surface area contributed by atoms with Crippen LogP contribution in [0.5, 0.6) is 0 Å². The van der Waals surface area contributed by atoms with E-state index in [2.05, 4.69) is 0 Å². The second-order valence-corrected chi connectivity index (χ2v) is 6.70. The van der Waals surface area contributed by atoms with E-state index in [1.165, 1.54) is 0 Å². The van der Waals surface area contributed by atoms with Gasteiger partial charge in [0.05, 0.1) is 11.2 Å². The van der Waals surface area contributed by atoms with Crippen molar-refractivity contribution in [3.8, 4) is 0 Å². The Bertz CT molecular complexity index is 234. The summed E-state index contributed by atoms with van der Waals surface area (Å²) >= 11 is 3.34. The number of hydrogen-bond donors (Lipinski definition) is 4. The van der Waals surface area contributed by atoms with Crippen molar-refractivity contribution in [1.29, 1.82) is 0 Å². The molecule has 5 atom stereocenters. The topological polar surface area (TPSA) is 90.2 Å². The number of aliphatic hydroxyl groups is 4. The third-order valence-electron chi connectivity index (χ3n) is 2.85. The summed E-state index contributed by atoms with van der Waals surface area (Å²) in [7, 11) is 0. The van der Waals surface area contributed by atoms with Gasteiger partial charge in [0.1, 0.15) is 30.5 Å². The van der Waals surface area contributed by atoms with Crippen LogP contribution in [-0.2, 0) is 4.74 Å². The van der Waals surface area contributed by atoms with Crippen molar-refractivity contribution in [2.24, 2.45) is 0 Å². The molecular formula is C9H16O5S2. The fourth-order valence-electron chi connectivity index (χ4n) is 1.92. The lowest BCUT2D eigenvalue weighted by molar-refractivity contribution is -0.224. The summed E-state index contributed by atoms with van der Waals surface area (Å²) in [5.41, 5.74) is 0. The first-order valence-corrected chi connectivity index (χ1v) is 7.28. The zero-order valence-electron chi connectivity index (χ0n) is 8.60. The van der Waals surface area contributed by atoms with Crippen LogP contribution >= 0.6 is 23.5 Å². The average Bonchev–Trinajstić information content (AvgIpc) is 2.80. The Morgan fingerprint density at radius 3 is 2.19 bits per heavy atom. The largest absolute Gasteiger partial charge is 0.394 e. The van der Waals surface area contributed by atoms with Gasteiger partial charge in [0.25, 0.3) is 0 Å². The molecule has 2 rings (SSSR count). The molecule has 1 unspecified atom stereocenters. The number of thioether (sulfide) groups is 2. The van der Waals surface area contributed by atoms with Gasteiger partial charge in [-0.3, -0.25) is 0 Å². The van der Waals surface area contributed by atoms with Gasteiger partial charge in [-0.2, -0.15) is 0 Å². The van der Waals surface area contributed by atoms with Crippen LogP contribution in [0.15, 0.2) is 0 Å². The Balaban J connectivity index is 2.06. The highest BCUT2D eigenvalue weighted by molar-refractivity contribution is 8.20. The molecule has 0 bridgehead atoms. The lowest BCUT2D eigenvalue weighted by atomic mass is 9.96. The van der Waals surface area contributed by atoms with Crippen LogP contribution in [0.4, 0.5) is 0 Å². The maximum Gasteiger partial charge on any atom is 0.111 e. The molecule has 2 aliphatic rings. The van der Waals surface area contributed by atoms with Gasteiger partial charge in [0.15, 0.2) is 0 Å². The summed E-state index contributed by atoms with van der Waals surface area (Å²) < 4.78 is 5.52. The van der Waals surface area contributed by atoms with E-state index in [0.717, 1.165) is 11.5 Å². The molecule has 0 saturated carbocycles. The summed E-state index contributed by atoms with van der Waals surface area (Å²) in [6, 6.07) is 0. The lowest BCUT2D eigenvalue weighted by Crippen LogP contribution is -2.60. The molecular weight excluding hydrogens is 252 g/mol. The van der Waals surface area contributed by atoms with Crippen molar-refractivity contribution in [3.05, 3.63) is 0 Å². The Morgan fingerprint density at radius 2 is 1.62 bits per heavy atom. The SMILES string of the molecule is OC[C@H]1OC(C2SCCS2)[C@H](O)[C@@H](O)[C@@H]1O. The predicted molar refractivity (Wildman–Crippen MR) is 62.5 cm³/mol. The summed E-state index contributed by atoms with van der Waals surface area (Å²) in [6.07, 6.45) is -4.93. The fraction of sp³-hybridized carbons (Fsp3) is 1.00. The highest BCUT2D eigenvalue weighted by atomic mass is 32.2. The number of hydrogen-bond acceptors (Lipinski definition) is 7. The van der Waals surface area contributed by atoms with Gasteiger partial charge >= 0.3 is 0 Å². The van der Waals surface area contributed by atoms with E-state index in [-0.39, 0.29) is 11.2 Å². The molecule has 2 heterocycles. The van der Waals surface area contributed by atoms with Crippen LogP contribution in [0.3, 0.4) is 0 Å². The van der Waals surface area contributed by atoms with E-state index < -0.39 is 30.5 Å². The molecule has 2 fully saturated rings. The van der Waals surface area contributed by atoms with Crippen LogP contribution < -0.4 is 0 Å². The normalized spacial score (nSPS) is 46.1. The predicted octanol–water partition coefficient (Wildman–Crippen LogP) is -1.37. The van der Waals surface area contributed by atoms with Gasteiger partial charge in [-0.15, -0.1) is 23.5 Å². The Kier molecular flexibility index (Phi) is 4.39. The molecule has 0 aromatic rings. The van der Waals surface area contributed by atoms with Gasteiger partial charge in [-0.25, -0.2) is 0 Å². The van der Waals surface area contributed by atoms with Crippen molar-refractivity contribution in [3.63, 3.8) is 0 Å². The summed E-state index contributed by atoms with van der Waals surface area (Å²) in [4.78, 5) is 0. The summed E-state index contributed by atoms with van der Waals surface area (Å²) in [5.74, 6) is 1.98. The summed E-state index contributed by atoms with van der Waals surface area (Å²) in [6.45, 7) is -0.358. The minimum Gasteiger partial charge on any atom is -0.394 e. The van der Waals surface area contributed by atoms with Crippen LogP contribution in [0.2, 0.25) is 0 Å². The van der Waals surface area contributed by atoms with Gasteiger partial charge < -0.3 is 25.2 Å². The molecule has 0 aromatic carbocycles. The van der Waals surface area contributed by atoms with Crippen LogP contribution in [0.1, 0.15) is 0 Å². The quantitative estimate of drug-likeness (QED) is 0.491. The molecule has 0 aliphatic carbocycles. The van der Waals surface area contributed by atoms with Crippen molar-refractivity contribution >= 4 is 23.5 Å². The van der Waals surface area contributed by atoms with Gasteiger partial charge in [-0.05, 0) is 0 Å². The standard InChI is InChI=1S/C9H16O5S2/c10-3-4-5(11)6(12)7(13)8(14-4)9-15-1-2-16-9/h4-13H,1-3H2/t4-,5-,6+,7-,8?/m1/s1. The second-order valence-electron chi connectivity index (χ2n) is 3.90. The molecule has 5 nitrogen and oxygen atoms in total. The molecule has 16 heavy (non-hydrogen) atoms. The third kappa shape index (κ3) is 2.35. The molecule has 7 heteroatoms. The van der Waals surface area contributed by atoms with E-state index in [9.17, 15) is 15.3 Å². The third-order valence-corrected chi connectivity index (χ3v) is 5.99. The number of aliphatic hydroxyl groups excluding tert-OH is 4. The molecule has 2 saturated heterocycles. The number of ether oxygens (including phenoxy) is 1. The molecule has 2 aliphatic heterocycles. The zero-order chi connectivity index (χ0) is 11.7. The van der Waals surface area contributed by atoms with Crippen LogP contribution in [0, 0.1) is 0 Å². The summed E-state index contributed by atoms with van der Waals surface area (Å²) in [5, 5.41) is 38.1. The first-order chi connectivity index (χ1) is 7.65. The van der Waals surface area contributed by atoms with Crippen LogP contribution in [0.25, 0.3) is 0 Å². The van der Waals surface area contributed by atoms with Crippen LogP contribution in [-0.4, -0.2) is 73.6 Å². The van der Waals surface area contributed by atoms with Crippen molar-refractivity contribution in [2.75, 3.05) is 18.1 Å². The van der Waals surface area contributed by atoms with E-state index in [1.807, 2.05) is 0 Å². The Morgan fingerprint density at radius 1 is 1.00 bits per heavy atom. The minimum atomic E-state index is -1.25. The molecule has 0 radical (unpaired) electrons. The maximum absolute atomic E-state index is 9.84. The highest BCUT2D eigenvalue weighted by Gasteiger charge is 2.47. The number of rotatable bonds is 2. The molecule has 0 spiro atoms. The van der Waals surface area contributed by atoms with E-state index >= 15 is 0 Å². The Hall–Kier alpha value is 0.500. The Labute approximate surface area is 102 Å². The van der Waals surface area contributed by atoms with Crippen molar-refractivity contribution < 1.29 is 25.2 Å². The van der Waals surface area contributed by atoms with E-state index in [4.69, 9.17) is 9.84 Å². The van der Waals surface area contributed by atoms with Gasteiger partial charge in [0, 0.05) is 11.5 Å². The van der Waals surface area contributed by atoms with E-state index in [0.29, 0.717) is 0 Å². The molecule has 0 amide bonds. The van der Waals surface area contributed by atoms with Gasteiger partial charge in [-0.1, -0.05) is 0 Å². The first kappa shape index (κ1) is 12.9. The molecule has 0 aromatic heterocycles. The minimum absolute atomic E-state index is 0.0613. The maximum atomic E-state index is 9.84. The lowest BCUT2D eigenvalue weighted by Gasteiger charge is -2.41. The average molecular weight is 268 g/mol. The van der Waals surface area contributed by atoms with E-state index in [1.54, 1.807) is 23.5 Å².